The standard InChI is InChI=1S/C18H23ClN4O2S.HI/c1-20-18(21-12-14-8-10-16(19)11-9-14)22-13-15-6-4-5-7-17(15)26(24,25)23(2)3;/h4-11H,12-13H2,1-3H3,(H2,20,21,22);1H. The van der Waals surface area contributed by atoms with Gasteiger partial charge in [0.1, 0.15) is 0 Å². The molecule has 2 aromatic rings. The molecule has 0 aliphatic heterocycles. The number of aliphatic imine (C=N–C) groups is 1. The average molecular weight is 523 g/mol. The third-order valence-corrected chi connectivity index (χ3v) is 5.94. The molecule has 148 valence electrons. The molecular formula is C18H24ClIN4O2S. The summed E-state index contributed by atoms with van der Waals surface area (Å²) in [5.41, 5.74) is 1.74. The number of halogens is 2. The Morgan fingerprint density at radius 3 is 2.22 bits per heavy atom. The van der Waals surface area contributed by atoms with Crippen molar-refractivity contribution in [1.29, 1.82) is 0 Å². The van der Waals surface area contributed by atoms with E-state index in [9.17, 15) is 8.42 Å². The van der Waals surface area contributed by atoms with E-state index in [1.807, 2.05) is 30.3 Å². The van der Waals surface area contributed by atoms with Gasteiger partial charge >= 0.3 is 0 Å². The highest BCUT2D eigenvalue weighted by Crippen LogP contribution is 2.18. The highest BCUT2D eigenvalue weighted by molar-refractivity contribution is 14.0. The molecule has 0 heterocycles. The summed E-state index contributed by atoms with van der Waals surface area (Å²) in [6.07, 6.45) is 0. The van der Waals surface area contributed by atoms with Gasteiger partial charge in [0, 0.05) is 39.3 Å². The summed E-state index contributed by atoms with van der Waals surface area (Å²) >= 11 is 5.88. The lowest BCUT2D eigenvalue weighted by Crippen LogP contribution is -2.36. The number of nitrogens with zero attached hydrogens (tertiary/aromatic N) is 2. The topological polar surface area (TPSA) is 73.8 Å². The monoisotopic (exact) mass is 522 g/mol. The van der Waals surface area contributed by atoms with Crippen molar-refractivity contribution >= 4 is 51.6 Å². The van der Waals surface area contributed by atoms with Crippen molar-refractivity contribution in [3.05, 3.63) is 64.7 Å². The molecule has 2 rings (SSSR count). The smallest absolute Gasteiger partial charge is 0.242 e. The van der Waals surface area contributed by atoms with Gasteiger partial charge < -0.3 is 10.6 Å². The third kappa shape index (κ3) is 6.63. The van der Waals surface area contributed by atoms with Crippen molar-refractivity contribution in [2.24, 2.45) is 4.99 Å². The zero-order valence-corrected chi connectivity index (χ0v) is 19.3. The van der Waals surface area contributed by atoms with E-state index in [1.54, 1.807) is 25.2 Å². The third-order valence-electron chi connectivity index (χ3n) is 3.77. The zero-order valence-electron chi connectivity index (χ0n) is 15.4. The van der Waals surface area contributed by atoms with Gasteiger partial charge in [-0.3, -0.25) is 4.99 Å². The normalized spacial score (nSPS) is 11.8. The molecule has 0 radical (unpaired) electrons. The molecule has 0 unspecified atom stereocenters. The van der Waals surface area contributed by atoms with E-state index in [0.29, 0.717) is 29.6 Å². The van der Waals surface area contributed by atoms with Crippen LogP contribution in [0.2, 0.25) is 5.02 Å². The maximum absolute atomic E-state index is 12.4. The van der Waals surface area contributed by atoms with Crippen LogP contribution in [0.5, 0.6) is 0 Å². The average Bonchev–Trinajstić information content (AvgIpc) is 2.63. The van der Waals surface area contributed by atoms with Crippen LogP contribution in [-0.4, -0.2) is 39.8 Å². The van der Waals surface area contributed by atoms with E-state index in [4.69, 9.17) is 11.6 Å². The fraction of sp³-hybridized carbons (Fsp3) is 0.278. The van der Waals surface area contributed by atoms with Gasteiger partial charge in [-0.25, -0.2) is 12.7 Å². The molecule has 0 saturated carbocycles. The summed E-state index contributed by atoms with van der Waals surface area (Å²) in [6, 6.07) is 14.5. The molecule has 0 aliphatic carbocycles. The Bertz CT molecular complexity index is 871. The summed E-state index contributed by atoms with van der Waals surface area (Å²) in [6.45, 7) is 0.915. The molecule has 0 atom stereocenters. The first-order chi connectivity index (χ1) is 12.3. The Balaban J connectivity index is 0.00000364. The molecule has 0 bridgehead atoms. The summed E-state index contributed by atoms with van der Waals surface area (Å²) in [5.74, 6) is 0.581. The van der Waals surface area contributed by atoms with Crippen LogP contribution in [0, 0.1) is 0 Å². The Kier molecular flexibility index (Phi) is 9.51. The summed E-state index contributed by atoms with van der Waals surface area (Å²) in [5, 5.41) is 7.03. The molecule has 9 heteroatoms. The van der Waals surface area contributed by atoms with Gasteiger partial charge in [0.15, 0.2) is 5.96 Å². The Morgan fingerprint density at radius 1 is 1.04 bits per heavy atom. The fourth-order valence-electron chi connectivity index (χ4n) is 2.29. The first-order valence-electron chi connectivity index (χ1n) is 8.04. The Labute approximate surface area is 183 Å². The first-order valence-corrected chi connectivity index (χ1v) is 9.86. The lowest BCUT2D eigenvalue weighted by atomic mass is 10.2. The summed E-state index contributed by atoms with van der Waals surface area (Å²) < 4.78 is 26.1. The van der Waals surface area contributed by atoms with Crippen molar-refractivity contribution < 1.29 is 8.42 Å². The predicted octanol–water partition coefficient (Wildman–Crippen LogP) is 3.07. The SMILES string of the molecule is CN=C(NCc1ccc(Cl)cc1)NCc1ccccc1S(=O)(=O)N(C)C.I. The second kappa shape index (κ2) is 10.8. The molecular weight excluding hydrogens is 499 g/mol. The first kappa shape index (κ1) is 23.7. The van der Waals surface area contributed by atoms with Crippen LogP contribution >= 0.6 is 35.6 Å². The van der Waals surface area contributed by atoms with E-state index in [-0.39, 0.29) is 28.9 Å². The number of hydrogen-bond donors (Lipinski definition) is 2. The summed E-state index contributed by atoms with van der Waals surface area (Å²) in [4.78, 5) is 4.45. The van der Waals surface area contributed by atoms with Crippen LogP contribution in [0.3, 0.4) is 0 Å². The van der Waals surface area contributed by atoms with Crippen LogP contribution in [0.25, 0.3) is 0 Å². The van der Waals surface area contributed by atoms with E-state index < -0.39 is 10.0 Å². The van der Waals surface area contributed by atoms with E-state index in [2.05, 4.69) is 15.6 Å². The largest absolute Gasteiger partial charge is 0.352 e. The number of nitrogens with one attached hydrogen (secondary N) is 2. The number of benzene rings is 2. The van der Waals surface area contributed by atoms with Crippen molar-refractivity contribution in [3.8, 4) is 0 Å². The molecule has 27 heavy (non-hydrogen) atoms. The number of rotatable bonds is 6. The Morgan fingerprint density at radius 2 is 1.63 bits per heavy atom. The molecule has 0 aromatic heterocycles. The Hall–Kier alpha value is -1.36. The van der Waals surface area contributed by atoms with E-state index >= 15 is 0 Å². The van der Waals surface area contributed by atoms with Gasteiger partial charge in [-0.15, -0.1) is 24.0 Å². The molecule has 2 aromatic carbocycles. The zero-order chi connectivity index (χ0) is 19.2. The van der Waals surface area contributed by atoms with Crippen LogP contribution in [-0.2, 0) is 23.1 Å². The fourth-order valence-corrected chi connectivity index (χ4v) is 3.53. The quantitative estimate of drug-likeness (QED) is 0.347. The summed E-state index contributed by atoms with van der Waals surface area (Å²) in [7, 11) is 1.21. The van der Waals surface area contributed by atoms with Gasteiger partial charge in [-0.1, -0.05) is 41.9 Å². The lowest BCUT2D eigenvalue weighted by molar-refractivity contribution is 0.519. The maximum atomic E-state index is 12.4. The molecule has 0 aliphatic rings. The molecule has 2 N–H and O–H groups in total. The van der Waals surface area contributed by atoms with Crippen molar-refractivity contribution in [3.63, 3.8) is 0 Å². The van der Waals surface area contributed by atoms with Crippen LogP contribution in [0.4, 0.5) is 0 Å². The molecule has 0 saturated heterocycles. The van der Waals surface area contributed by atoms with Gasteiger partial charge in [-0.05, 0) is 29.3 Å². The highest BCUT2D eigenvalue weighted by Gasteiger charge is 2.20. The maximum Gasteiger partial charge on any atom is 0.242 e. The minimum absolute atomic E-state index is 0. The molecule has 0 spiro atoms. The van der Waals surface area contributed by atoms with Crippen LogP contribution in [0.15, 0.2) is 58.4 Å². The highest BCUT2D eigenvalue weighted by atomic mass is 127. The minimum atomic E-state index is -3.50. The van der Waals surface area contributed by atoms with Gasteiger partial charge in [-0.2, -0.15) is 0 Å². The van der Waals surface area contributed by atoms with Crippen molar-refractivity contribution in [1.82, 2.24) is 14.9 Å². The second-order valence-electron chi connectivity index (χ2n) is 5.80. The van der Waals surface area contributed by atoms with Gasteiger partial charge in [0.25, 0.3) is 0 Å². The van der Waals surface area contributed by atoms with Crippen LogP contribution in [0.1, 0.15) is 11.1 Å². The number of sulfonamides is 1. The van der Waals surface area contributed by atoms with Crippen molar-refractivity contribution in [2.75, 3.05) is 21.1 Å². The van der Waals surface area contributed by atoms with Crippen molar-refractivity contribution in [2.45, 2.75) is 18.0 Å². The predicted molar refractivity (Wildman–Crippen MR) is 121 cm³/mol. The lowest BCUT2D eigenvalue weighted by Gasteiger charge is -2.17. The van der Waals surface area contributed by atoms with E-state index in [0.717, 1.165) is 5.56 Å². The second-order valence-corrected chi connectivity index (χ2v) is 8.36. The van der Waals surface area contributed by atoms with Crippen LogP contribution < -0.4 is 10.6 Å². The van der Waals surface area contributed by atoms with Gasteiger partial charge in [0.2, 0.25) is 10.0 Å². The molecule has 0 amide bonds. The number of hydrogen-bond acceptors (Lipinski definition) is 3. The molecule has 0 fully saturated rings. The minimum Gasteiger partial charge on any atom is -0.352 e. The van der Waals surface area contributed by atoms with E-state index in [1.165, 1.54) is 18.4 Å². The number of guanidine groups is 1. The molecule has 6 nitrogen and oxygen atoms in total. The van der Waals surface area contributed by atoms with Gasteiger partial charge in [0.05, 0.1) is 4.90 Å².